The number of pyridine rings is 1. The first-order valence-electron chi connectivity index (χ1n) is 20.9. The van der Waals surface area contributed by atoms with Crippen molar-refractivity contribution >= 4 is 57.9 Å². The Labute approximate surface area is 379 Å². The standard InChI is InChI=1S/C44H54ClF2N11O7/c1-7-62-26-20-30(46)28(31(47)21-26)24-58-34-14-9-8-12-27(34)37(57-58)39-52-23-35(38(56-39)53-32-15-17-50-22-29(32)45)63-18-11-19-64-41(60)36(25(2)3)55-40(59)33(13-10-16-51-42(48)49)54-43(61)65-44(4,5)6/h8-9,12,14-15,17,20-23,25,33,36H,7,10-11,13,16,18-19,24H2,1-6H3,(H,54,61)(H,55,59)(H4,48,49,51)(H,50,52,53,56)/t33-,36?/m0/s1. The van der Waals surface area contributed by atoms with Gasteiger partial charge in [-0.15, -0.1) is 0 Å². The van der Waals surface area contributed by atoms with Crippen molar-refractivity contribution in [2.75, 3.05) is 31.7 Å². The normalized spacial score (nSPS) is 12.3. The molecule has 0 aliphatic rings. The van der Waals surface area contributed by atoms with Crippen LogP contribution in [0, 0.1) is 17.6 Å². The summed E-state index contributed by atoms with van der Waals surface area (Å²) >= 11 is 6.44. The summed E-state index contributed by atoms with van der Waals surface area (Å²) in [4.78, 5) is 56.6. The zero-order valence-electron chi connectivity index (χ0n) is 37.0. The average Bonchev–Trinajstić information content (AvgIpc) is 3.60. The number of benzene rings is 2. The third-order valence-corrected chi connectivity index (χ3v) is 9.65. The van der Waals surface area contributed by atoms with Gasteiger partial charge in [-0.3, -0.25) is 19.5 Å². The number of hydrogen-bond acceptors (Lipinski definition) is 13. The summed E-state index contributed by atoms with van der Waals surface area (Å²) in [6, 6.07) is 8.95. The van der Waals surface area contributed by atoms with E-state index in [1.54, 1.807) is 78.1 Å². The fraction of sp³-hybridized carbons (Fsp3) is 0.409. The van der Waals surface area contributed by atoms with Gasteiger partial charge in [0.15, 0.2) is 23.4 Å². The summed E-state index contributed by atoms with van der Waals surface area (Å²) in [5.41, 5.74) is 11.2. The summed E-state index contributed by atoms with van der Waals surface area (Å²) < 4.78 is 54.1. The van der Waals surface area contributed by atoms with Gasteiger partial charge in [0, 0.05) is 48.4 Å². The Morgan fingerprint density at radius 2 is 1.72 bits per heavy atom. The van der Waals surface area contributed by atoms with Crippen LogP contribution in [0.1, 0.15) is 66.4 Å². The van der Waals surface area contributed by atoms with Gasteiger partial charge in [-0.25, -0.2) is 28.3 Å². The molecule has 0 aliphatic carbocycles. The number of nitrogens with zero attached hydrogens (tertiary/aromatic N) is 6. The molecule has 348 valence electrons. The van der Waals surface area contributed by atoms with Crippen LogP contribution in [-0.2, 0) is 25.6 Å². The number of carbonyl (C=O) groups is 3. The molecule has 3 aromatic heterocycles. The van der Waals surface area contributed by atoms with Crippen LogP contribution in [0.2, 0.25) is 5.02 Å². The number of halogens is 3. The molecule has 0 aliphatic heterocycles. The minimum absolute atomic E-state index is 0.0436. The van der Waals surface area contributed by atoms with Gasteiger partial charge in [-0.2, -0.15) is 5.10 Å². The highest BCUT2D eigenvalue weighted by Crippen LogP contribution is 2.33. The van der Waals surface area contributed by atoms with E-state index >= 15 is 8.78 Å². The molecule has 5 rings (SSSR count). The van der Waals surface area contributed by atoms with Gasteiger partial charge in [-0.1, -0.05) is 43.6 Å². The molecule has 0 bridgehead atoms. The topological polar surface area (TPSA) is 245 Å². The molecule has 0 spiro atoms. The zero-order chi connectivity index (χ0) is 47.3. The van der Waals surface area contributed by atoms with E-state index in [-0.39, 0.29) is 86.3 Å². The van der Waals surface area contributed by atoms with E-state index in [0.29, 0.717) is 33.7 Å². The Morgan fingerprint density at radius 1 is 0.985 bits per heavy atom. The fourth-order valence-electron chi connectivity index (χ4n) is 6.31. The van der Waals surface area contributed by atoms with Crippen molar-refractivity contribution in [2.24, 2.45) is 22.4 Å². The first kappa shape index (κ1) is 49.2. The van der Waals surface area contributed by atoms with Crippen LogP contribution in [0.4, 0.5) is 25.1 Å². The van der Waals surface area contributed by atoms with Crippen molar-refractivity contribution in [3.8, 4) is 23.0 Å². The summed E-state index contributed by atoms with van der Waals surface area (Å²) in [5.74, 6) is -2.68. The predicted molar refractivity (Wildman–Crippen MR) is 241 cm³/mol. The Bertz CT molecular complexity index is 2450. The predicted octanol–water partition coefficient (Wildman–Crippen LogP) is 6.41. The van der Waals surface area contributed by atoms with Crippen molar-refractivity contribution < 1.29 is 42.1 Å². The van der Waals surface area contributed by atoms with Gasteiger partial charge in [-0.05, 0) is 58.6 Å². The monoisotopic (exact) mass is 921 g/mol. The van der Waals surface area contributed by atoms with Crippen LogP contribution in [-0.4, -0.2) is 92.7 Å². The maximum atomic E-state index is 15.2. The largest absolute Gasteiger partial charge is 0.494 e. The van der Waals surface area contributed by atoms with E-state index < -0.39 is 47.3 Å². The molecule has 2 atom stereocenters. The van der Waals surface area contributed by atoms with Gasteiger partial charge in [0.2, 0.25) is 5.91 Å². The molecule has 65 heavy (non-hydrogen) atoms. The van der Waals surface area contributed by atoms with Crippen LogP contribution in [0.5, 0.6) is 11.5 Å². The van der Waals surface area contributed by atoms with E-state index in [9.17, 15) is 14.4 Å². The number of aliphatic imine (C=N–C) groups is 1. The highest BCUT2D eigenvalue weighted by molar-refractivity contribution is 6.33. The van der Waals surface area contributed by atoms with Crippen LogP contribution in [0.25, 0.3) is 22.4 Å². The summed E-state index contributed by atoms with van der Waals surface area (Å²) in [6.07, 6.45) is 4.36. The lowest BCUT2D eigenvalue weighted by atomic mass is 10.0. The Balaban J connectivity index is 1.29. The number of nitrogens with one attached hydrogen (secondary N) is 3. The molecule has 7 N–H and O–H groups in total. The molecule has 2 aromatic carbocycles. The van der Waals surface area contributed by atoms with Gasteiger partial charge < -0.3 is 46.4 Å². The molecule has 21 heteroatoms. The van der Waals surface area contributed by atoms with Crippen LogP contribution in [0.15, 0.2) is 66.0 Å². The van der Waals surface area contributed by atoms with Gasteiger partial charge in [0.1, 0.15) is 40.8 Å². The number of nitrogens with two attached hydrogens (primary N) is 2. The van der Waals surface area contributed by atoms with Gasteiger partial charge in [0.05, 0.1) is 48.8 Å². The molecule has 5 aromatic rings. The van der Waals surface area contributed by atoms with Gasteiger partial charge >= 0.3 is 12.1 Å². The first-order valence-corrected chi connectivity index (χ1v) is 21.3. The number of amides is 2. The second-order valence-electron chi connectivity index (χ2n) is 16.0. The summed E-state index contributed by atoms with van der Waals surface area (Å²) in [7, 11) is 0. The fourth-order valence-corrected chi connectivity index (χ4v) is 6.47. The number of hydrogen-bond donors (Lipinski definition) is 5. The van der Waals surface area contributed by atoms with Crippen molar-refractivity contribution in [3.63, 3.8) is 0 Å². The molecule has 0 saturated heterocycles. The molecule has 0 fully saturated rings. The Hall–Kier alpha value is -6.83. The zero-order valence-corrected chi connectivity index (χ0v) is 37.7. The average molecular weight is 922 g/mol. The molecule has 18 nitrogen and oxygen atoms in total. The molecule has 1 unspecified atom stereocenters. The van der Waals surface area contributed by atoms with E-state index in [4.69, 9.17) is 52.1 Å². The van der Waals surface area contributed by atoms with Crippen molar-refractivity contribution in [3.05, 3.63) is 83.3 Å². The molecular formula is C44H54ClF2N11O7. The van der Waals surface area contributed by atoms with E-state index in [1.165, 1.54) is 17.1 Å². The third-order valence-electron chi connectivity index (χ3n) is 9.35. The van der Waals surface area contributed by atoms with Crippen LogP contribution in [0.3, 0.4) is 0 Å². The quantitative estimate of drug-likeness (QED) is 0.0231. The van der Waals surface area contributed by atoms with Gasteiger partial charge in [0.25, 0.3) is 0 Å². The number of rotatable bonds is 21. The maximum absolute atomic E-state index is 15.2. The van der Waals surface area contributed by atoms with Crippen molar-refractivity contribution in [1.82, 2.24) is 35.4 Å². The minimum atomic E-state index is -1.06. The molecule has 0 saturated carbocycles. The maximum Gasteiger partial charge on any atom is 0.408 e. The highest BCUT2D eigenvalue weighted by atomic mass is 35.5. The lowest BCUT2D eigenvalue weighted by molar-refractivity contribution is -0.149. The number of guanidine groups is 1. The number of aromatic nitrogens is 5. The number of para-hydroxylation sites is 1. The Kier molecular flexibility index (Phi) is 17.2. The number of fused-ring (bicyclic) bond motifs is 1. The number of esters is 1. The lowest BCUT2D eigenvalue weighted by Crippen LogP contribution is -2.54. The highest BCUT2D eigenvalue weighted by Gasteiger charge is 2.31. The number of ether oxygens (including phenoxy) is 4. The molecule has 2 amide bonds. The molecule has 0 radical (unpaired) electrons. The molecule has 3 heterocycles. The van der Waals surface area contributed by atoms with E-state index in [2.05, 4.69) is 30.9 Å². The summed E-state index contributed by atoms with van der Waals surface area (Å²) in [6.45, 7) is 10.5. The SMILES string of the molecule is CCOc1cc(F)c(Cn2nc(-c3ncc(OCCCOC(=O)C(NC(=O)[C@H](CCCN=C(N)N)NC(=O)OC(C)(C)C)C(C)C)c(Nc4ccncc4Cl)n3)c3ccccc32)c(F)c1. The third kappa shape index (κ3) is 14.1. The van der Waals surface area contributed by atoms with Crippen LogP contribution >= 0.6 is 11.6 Å². The summed E-state index contributed by atoms with van der Waals surface area (Å²) in [5, 5.41) is 14.1. The Morgan fingerprint density at radius 3 is 2.40 bits per heavy atom. The molecular weight excluding hydrogens is 868 g/mol. The van der Waals surface area contributed by atoms with Crippen molar-refractivity contribution in [1.29, 1.82) is 0 Å². The number of anilines is 2. The second-order valence-corrected chi connectivity index (χ2v) is 16.4. The number of alkyl carbamates (subject to hydrolysis) is 1. The van der Waals surface area contributed by atoms with Crippen LogP contribution < -0.4 is 36.9 Å². The smallest absolute Gasteiger partial charge is 0.408 e. The second kappa shape index (κ2) is 22.7. The number of carbonyl (C=O) groups excluding carboxylic acids is 3. The van der Waals surface area contributed by atoms with E-state index in [0.717, 1.165) is 12.1 Å². The van der Waals surface area contributed by atoms with E-state index in [1.807, 2.05) is 0 Å². The van der Waals surface area contributed by atoms with Crippen molar-refractivity contribution in [2.45, 2.75) is 85.0 Å². The first-order chi connectivity index (χ1) is 30.9. The lowest BCUT2D eigenvalue weighted by Gasteiger charge is -2.26. The minimum Gasteiger partial charge on any atom is -0.494 e.